The van der Waals surface area contributed by atoms with Gasteiger partial charge in [-0.15, -0.1) is 0 Å². The molecular formula is C28H35FN8O3S. The second kappa shape index (κ2) is 11.6. The molecule has 41 heavy (non-hydrogen) atoms. The molecule has 13 heteroatoms. The average Bonchev–Trinajstić information content (AvgIpc) is 2.94. The first-order valence-corrected chi connectivity index (χ1v) is 15.1. The zero-order valence-electron chi connectivity index (χ0n) is 23.6. The number of nitrogens with zero attached hydrogens (tertiary/aromatic N) is 6. The number of sulfonamides is 1. The molecule has 2 N–H and O–H groups in total. The molecule has 2 aliphatic rings. The van der Waals surface area contributed by atoms with Crippen molar-refractivity contribution >= 4 is 39.2 Å². The fraction of sp³-hybridized carbons (Fsp3) is 0.429. The number of amides is 2. The first-order valence-electron chi connectivity index (χ1n) is 13.7. The maximum Gasteiger partial charge on any atom is 0.330 e. The van der Waals surface area contributed by atoms with E-state index >= 15 is 4.39 Å². The maximum atomic E-state index is 15.1. The van der Waals surface area contributed by atoms with Gasteiger partial charge in [-0.25, -0.2) is 19.2 Å². The van der Waals surface area contributed by atoms with Gasteiger partial charge in [-0.3, -0.25) is 14.5 Å². The minimum atomic E-state index is -4.08. The van der Waals surface area contributed by atoms with E-state index < -0.39 is 15.8 Å². The molecule has 11 nitrogen and oxygen atoms in total. The summed E-state index contributed by atoms with van der Waals surface area (Å²) in [5.74, 6) is 0.192. The Labute approximate surface area is 239 Å². The van der Waals surface area contributed by atoms with Gasteiger partial charge < -0.3 is 10.2 Å². The highest BCUT2D eigenvalue weighted by Crippen LogP contribution is 2.34. The van der Waals surface area contributed by atoms with Crippen molar-refractivity contribution in [3.05, 3.63) is 60.2 Å². The molecule has 0 unspecified atom stereocenters. The lowest BCUT2D eigenvalue weighted by Crippen LogP contribution is -2.51. The molecule has 1 saturated carbocycles. The normalized spacial score (nSPS) is 19.4. The minimum absolute atomic E-state index is 0.143. The number of rotatable bonds is 8. The maximum absolute atomic E-state index is 15.1. The van der Waals surface area contributed by atoms with Crippen LogP contribution >= 0.6 is 0 Å². The third-order valence-electron chi connectivity index (χ3n) is 7.53. The van der Waals surface area contributed by atoms with Crippen molar-refractivity contribution in [3.8, 4) is 0 Å². The number of pyridine rings is 1. The summed E-state index contributed by atoms with van der Waals surface area (Å²) in [6.45, 7) is 3.92. The fourth-order valence-electron chi connectivity index (χ4n) is 5.29. The molecule has 1 aliphatic carbocycles. The molecule has 0 bridgehead atoms. The third-order valence-corrected chi connectivity index (χ3v) is 8.81. The van der Waals surface area contributed by atoms with E-state index in [1.165, 1.54) is 35.4 Å². The summed E-state index contributed by atoms with van der Waals surface area (Å²) in [5.41, 5.74) is 0.758. The Hall–Kier alpha value is -3.84. The molecular weight excluding hydrogens is 547 g/mol. The lowest BCUT2D eigenvalue weighted by Gasteiger charge is -2.38. The Balaban J connectivity index is 1.35. The lowest BCUT2D eigenvalue weighted by molar-refractivity contribution is 0.221. The SMILES string of the molecule is CC(C)N1C(=O)N(c2ccc(NS(=O)(=O)c3ccccn3)c(F)c2)Cc2cnc(NC3CCC(N(C)C)CC3)nc21. The van der Waals surface area contributed by atoms with Gasteiger partial charge in [0.15, 0.2) is 5.03 Å². The van der Waals surface area contributed by atoms with Crippen LogP contribution in [0.15, 0.2) is 53.8 Å². The van der Waals surface area contributed by atoms with Crippen LogP contribution in [0, 0.1) is 5.82 Å². The van der Waals surface area contributed by atoms with E-state index in [4.69, 9.17) is 4.98 Å². The Morgan fingerprint density at radius 1 is 1.07 bits per heavy atom. The number of benzene rings is 1. The molecule has 1 fully saturated rings. The van der Waals surface area contributed by atoms with E-state index in [9.17, 15) is 13.2 Å². The standard InChI is InChI=1S/C28H35FN8O3S/c1-18(2)37-26-19(16-31-27(33-26)32-20-8-10-21(11-9-20)35(3)4)17-36(28(37)38)22-12-13-24(23(29)15-22)34-41(39,40)25-7-5-6-14-30-25/h5-7,12-16,18,20-21,34H,8-11,17H2,1-4H3,(H,31,32,33). The number of halogens is 1. The fourth-order valence-corrected chi connectivity index (χ4v) is 6.31. The van der Waals surface area contributed by atoms with Crippen molar-refractivity contribution in [1.82, 2.24) is 19.9 Å². The quantitative estimate of drug-likeness (QED) is 0.399. The van der Waals surface area contributed by atoms with E-state index in [0.717, 1.165) is 37.3 Å². The van der Waals surface area contributed by atoms with Crippen LogP contribution < -0.4 is 19.8 Å². The van der Waals surface area contributed by atoms with Gasteiger partial charge in [0, 0.05) is 41.8 Å². The van der Waals surface area contributed by atoms with Gasteiger partial charge in [0.1, 0.15) is 11.6 Å². The number of hydrogen-bond donors (Lipinski definition) is 2. The van der Waals surface area contributed by atoms with E-state index in [1.54, 1.807) is 17.2 Å². The van der Waals surface area contributed by atoms with Crippen molar-refractivity contribution in [2.24, 2.45) is 0 Å². The van der Waals surface area contributed by atoms with Crippen LogP contribution in [0.2, 0.25) is 0 Å². The van der Waals surface area contributed by atoms with E-state index in [1.807, 2.05) is 13.8 Å². The molecule has 2 aromatic heterocycles. The summed E-state index contributed by atoms with van der Waals surface area (Å²) >= 11 is 0. The van der Waals surface area contributed by atoms with Gasteiger partial charge >= 0.3 is 6.03 Å². The Bertz CT molecular complexity index is 1510. The van der Waals surface area contributed by atoms with Crippen molar-refractivity contribution in [1.29, 1.82) is 0 Å². The number of fused-ring (bicyclic) bond motifs is 1. The molecule has 2 amide bonds. The van der Waals surface area contributed by atoms with Crippen LogP contribution in [0.3, 0.4) is 0 Å². The van der Waals surface area contributed by atoms with Crippen LogP contribution in [0.1, 0.15) is 45.1 Å². The van der Waals surface area contributed by atoms with Crippen molar-refractivity contribution < 1.29 is 17.6 Å². The predicted molar refractivity (Wildman–Crippen MR) is 156 cm³/mol. The van der Waals surface area contributed by atoms with Gasteiger partial charge in [-0.05, 0) is 84.0 Å². The molecule has 1 aromatic carbocycles. The number of anilines is 4. The van der Waals surface area contributed by atoms with Crippen molar-refractivity contribution in [2.45, 2.75) is 69.2 Å². The summed E-state index contributed by atoms with van der Waals surface area (Å²) in [6, 6.07) is 8.63. The largest absolute Gasteiger partial charge is 0.351 e. The van der Waals surface area contributed by atoms with Crippen LogP contribution in [0.25, 0.3) is 0 Å². The summed E-state index contributed by atoms with van der Waals surface area (Å²) in [6.07, 6.45) is 7.28. The summed E-state index contributed by atoms with van der Waals surface area (Å²) in [5, 5.41) is 3.22. The predicted octanol–water partition coefficient (Wildman–Crippen LogP) is 4.45. The molecule has 0 saturated heterocycles. The summed E-state index contributed by atoms with van der Waals surface area (Å²) in [7, 11) is 0.141. The van der Waals surface area contributed by atoms with Gasteiger partial charge in [-0.1, -0.05) is 6.07 Å². The number of carbonyl (C=O) groups excluding carboxylic acids is 1. The average molecular weight is 583 g/mol. The molecule has 0 radical (unpaired) electrons. The highest BCUT2D eigenvalue weighted by Gasteiger charge is 2.35. The second-order valence-corrected chi connectivity index (χ2v) is 12.6. The van der Waals surface area contributed by atoms with E-state index in [2.05, 4.69) is 39.0 Å². The van der Waals surface area contributed by atoms with Crippen LogP contribution in [0.4, 0.5) is 32.3 Å². The summed E-state index contributed by atoms with van der Waals surface area (Å²) in [4.78, 5) is 32.0. The summed E-state index contributed by atoms with van der Waals surface area (Å²) < 4.78 is 42.6. The van der Waals surface area contributed by atoms with E-state index in [0.29, 0.717) is 17.8 Å². The van der Waals surface area contributed by atoms with Gasteiger partial charge in [0.2, 0.25) is 5.95 Å². The third kappa shape index (κ3) is 6.10. The van der Waals surface area contributed by atoms with Gasteiger partial charge in [-0.2, -0.15) is 13.4 Å². The highest BCUT2D eigenvalue weighted by atomic mass is 32.2. The zero-order valence-corrected chi connectivity index (χ0v) is 24.4. The molecule has 3 heterocycles. The Morgan fingerprint density at radius 3 is 2.46 bits per heavy atom. The van der Waals surface area contributed by atoms with Gasteiger partial charge in [0.05, 0.1) is 12.2 Å². The highest BCUT2D eigenvalue weighted by molar-refractivity contribution is 7.92. The smallest absolute Gasteiger partial charge is 0.330 e. The zero-order chi connectivity index (χ0) is 29.3. The van der Waals surface area contributed by atoms with E-state index in [-0.39, 0.29) is 41.1 Å². The Morgan fingerprint density at radius 2 is 1.83 bits per heavy atom. The Kier molecular flexibility index (Phi) is 8.09. The molecule has 5 rings (SSSR count). The first-order chi connectivity index (χ1) is 19.5. The first kappa shape index (κ1) is 28.7. The minimum Gasteiger partial charge on any atom is -0.351 e. The second-order valence-electron chi connectivity index (χ2n) is 10.9. The lowest BCUT2D eigenvalue weighted by atomic mass is 9.91. The van der Waals surface area contributed by atoms with Crippen LogP contribution in [0.5, 0.6) is 0 Å². The molecule has 218 valence electrons. The van der Waals surface area contributed by atoms with Crippen molar-refractivity contribution in [2.75, 3.05) is 33.9 Å². The number of carbonyl (C=O) groups is 1. The molecule has 0 spiro atoms. The molecule has 3 aromatic rings. The monoisotopic (exact) mass is 582 g/mol. The number of aromatic nitrogens is 3. The number of hydrogen-bond acceptors (Lipinski definition) is 8. The number of nitrogens with one attached hydrogen (secondary N) is 2. The van der Waals surface area contributed by atoms with Crippen LogP contribution in [-0.4, -0.2) is 66.5 Å². The van der Waals surface area contributed by atoms with Crippen molar-refractivity contribution in [3.63, 3.8) is 0 Å². The number of urea groups is 1. The molecule has 0 atom stereocenters. The van der Waals surface area contributed by atoms with Crippen LogP contribution in [-0.2, 0) is 16.6 Å². The topological polar surface area (TPSA) is 124 Å². The molecule has 1 aliphatic heterocycles. The van der Waals surface area contributed by atoms with Gasteiger partial charge in [0.25, 0.3) is 10.0 Å².